The number of sulfonamides is 1. The number of nitrogens with one attached hydrogen (secondary N) is 1. The van der Waals surface area contributed by atoms with Gasteiger partial charge in [-0.05, 0) is 30.5 Å². The Morgan fingerprint density at radius 2 is 1.95 bits per heavy atom. The summed E-state index contributed by atoms with van der Waals surface area (Å²) in [6.07, 6.45) is 2.11. The van der Waals surface area contributed by atoms with Crippen LogP contribution in [-0.4, -0.2) is 26.6 Å². The van der Waals surface area contributed by atoms with E-state index >= 15 is 0 Å². The number of hydrogen-bond donors (Lipinski definition) is 1. The van der Waals surface area contributed by atoms with E-state index in [1.807, 2.05) is 31.2 Å². The van der Waals surface area contributed by atoms with Crippen LogP contribution in [0.15, 0.2) is 24.3 Å². The molecule has 1 amide bonds. The third kappa shape index (κ3) is 3.80. The molecule has 1 aromatic carbocycles. The Bertz CT molecular complexity index is 567. The van der Waals surface area contributed by atoms with Gasteiger partial charge in [-0.3, -0.25) is 4.79 Å². The first kappa shape index (κ1) is 15.0. The van der Waals surface area contributed by atoms with Gasteiger partial charge in [0.05, 0.1) is 5.75 Å². The lowest BCUT2D eigenvalue weighted by Gasteiger charge is -2.16. The number of amides is 1. The van der Waals surface area contributed by atoms with Crippen molar-refractivity contribution in [2.75, 3.05) is 17.2 Å². The van der Waals surface area contributed by atoms with Crippen molar-refractivity contribution in [3.05, 3.63) is 29.8 Å². The van der Waals surface area contributed by atoms with Crippen LogP contribution in [0.2, 0.25) is 0 Å². The van der Waals surface area contributed by atoms with Crippen molar-refractivity contribution in [2.24, 2.45) is 0 Å². The van der Waals surface area contributed by atoms with Crippen LogP contribution < -0.4 is 9.62 Å². The summed E-state index contributed by atoms with van der Waals surface area (Å²) in [5.41, 5.74) is 1.77. The van der Waals surface area contributed by atoms with E-state index in [1.165, 1.54) is 0 Å². The number of hydrogen-bond acceptors (Lipinski definition) is 3. The molecule has 5 nitrogen and oxygen atoms in total. The van der Waals surface area contributed by atoms with Crippen LogP contribution in [0.4, 0.5) is 5.69 Å². The predicted molar refractivity (Wildman–Crippen MR) is 78.9 cm³/mol. The molecule has 1 aromatic rings. The largest absolute Gasteiger partial charge is 0.312 e. The maximum Gasteiger partial charge on any atom is 0.227 e. The van der Waals surface area contributed by atoms with Crippen LogP contribution >= 0.6 is 0 Å². The molecule has 0 atom stereocenters. The number of nitrogens with zero attached hydrogens (tertiary/aromatic N) is 1. The zero-order valence-corrected chi connectivity index (χ0v) is 12.4. The summed E-state index contributed by atoms with van der Waals surface area (Å²) in [5, 5.41) is 0. The zero-order valence-electron chi connectivity index (χ0n) is 11.6. The molecule has 6 heteroatoms. The first-order valence-corrected chi connectivity index (χ1v) is 8.54. The molecule has 1 aliphatic rings. The number of carbonyl (C=O) groups excluding carboxylic acids is 1. The zero-order chi connectivity index (χ0) is 14.6. The number of anilines is 1. The topological polar surface area (TPSA) is 66.5 Å². The summed E-state index contributed by atoms with van der Waals surface area (Å²) in [6, 6.07) is 7.45. The van der Waals surface area contributed by atoms with Gasteiger partial charge in [0.25, 0.3) is 0 Å². The van der Waals surface area contributed by atoms with Crippen LogP contribution in [0.3, 0.4) is 0 Å². The van der Waals surface area contributed by atoms with E-state index in [-0.39, 0.29) is 18.2 Å². The maximum atomic E-state index is 11.6. The Kier molecular flexibility index (Phi) is 4.77. The molecule has 0 radical (unpaired) electrons. The lowest BCUT2D eigenvalue weighted by molar-refractivity contribution is -0.117. The van der Waals surface area contributed by atoms with Gasteiger partial charge in [-0.15, -0.1) is 0 Å². The van der Waals surface area contributed by atoms with Crippen molar-refractivity contribution in [3.8, 4) is 0 Å². The van der Waals surface area contributed by atoms with Gasteiger partial charge < -0.3 is 4.90 Å². The van der Waals surface area contributed by atoms with E-state index in [9.17, 15) is 13.2 Å². The minimum absolute atomic E-state index is 0.146. The van der Waals surface area contributed by atoms with Crippen LogP contribution in [0.5, 0.6) is 0 Å². The second-order valence-corrected chi connectivity index (χ2v) is 6.88. The molecule has 0 bridgehead atoms. The summed E-state index contributed by atoms with van der Waals surface area (Å²) in [7, 11) is -3.18. The Hall–Kier alpha value is -1.40. The van der Waals surface area contributed by atoms with E-state index in [0.717, 1.165) is 24.2 Å². The molecule has 1 N–H and O–H groups in total. The third-order valence-electron chi connectivity index (χ3n) is 3.29. The summed E-state index contributed by atoms with van der Waals surface area (Å²) >= 11 is 0. The summed E-state index contributed by atoms with van der Waals surface area (Å²) < 4.78 is 25.7. The van der Waals surface area contributed by atoms with Crippen molar-refractivity contribution in [2.45, 2.75) is 32.7 Å². The van der Waals surface area contributed by atoms with Crippen LogP contribution in [0.1, 0.15) is 31.7 Å². The second kappa shape index (κ2) is 6.37. The molecule has 0 aliphatic carbocycles. The van der Waals surface area contributed by atoms with E-state index in [2.05, 4.69) is 4.72 Å². The smallest absolute Gasteiger partial charge is 0.227 e. The van der Waals surface area contributed by atoms with Gasteiger partial charge in [0.15, 0.2) is 0 Å². The van der Waals surface area contributed by atoms with Gasteiger partial charge in [-0.1, -0.05) is 19.1 Å². The summed E-state index contributed by atoms with van der Waals surface area (Å²) in [4.78, 5) is 13.4. The van der Waals surface area contributed by atoms with Crippen molar-refractivity contribution in [3.63, 3.8) is 0 Å². The van der Waals surface area contributed by atoms with E-state index in [4.69, 9.17) is 0 Å². The minimum atomic E-state index is -3.18. The molecule has 20 heavy (non-hydrogen) atoms. The normalized spacial score (nSPS) is 15.8. The highest BCUT2D eigenvalue weighted by molar-refractivity contribution is 7.89. The fourth-order valence-corrected chi connectivity index (χ4v) is 3.32. The van der Waals surface area contributed by atoms with Gasteiger partial charge >= 0.3 is 0 Å². The fraction of sp³-hybridized carbons (Fsp3) is 0.500. The highest BCUT2D eigenvalue weighted by atomic mass is 32.2. The first-order chi connectivity index (χ1) is 9.52. The average Bonchev–Trinajstić information content (AvgIpc) is 2.83. The molecule has 1 aliphatic heterocycles. The molecule has 0 unspecified atom stereocenters. The molecule has 110 valence electrons. The summed E-state index contributed by atoms with van der Waals surface area (Å²) in [6.45, 7) is 2.89. The molecular formula is C14H20N2O3S. The van der Waals surface area contributed by atoms with Crippen LogP contribution in [0, 0.1) is 0 Å². The van der Waals surface area contributed by atoms with Gasteiger partial charge in [0.1, 0.15) is 0 Å². The second-order valence-electron chi connectivity index (χ2n) is 4.96. The van der Waals surface area contributed by atoms with Gasteiger partial charge in [-0.25, -0.2) is 13.1 Å². The van der Waals surface area contributed by atoms with E-state index in [1.54, 1.807) is 4.90 Å². The van der Waals surface area contributed by atoms with Crippen LogP contribution in [0.25, 0.3) is 0 Å². The standard InChI is InChI=1S/C14H20N2O3S/c1-2-10-20(18,19)15-11-12-5-7-13(8-6-12)16-9-3-4-14(16)17/h5-8,15H,2-4,9-11H2,1H3. The SMILES string of the molecule is CCCS(=O)(=O)NCc1ccc(N2CCCC2=O)cc1. The average molecular weight is 296 g/mol. The minimum Gasteiger partial charge on any atom is -0.312 e. The lowest BCUT2D eigenvalue weighted by Crippen LogP contribution is -2.26. The quantitative estimate of drug-likeness (QED) is 0.868. The molecule has 1 saturated heterocycles. The molecule has 0 spiro atoms. The molecule has 1 fully saturated rings. The summed E-state index contributed by atoms with van der Waals surface area (Å²) in [5.74, 6) is 0.300. The Balaban J connectivity index is 1.97. The first-order valence-electron chi connectivity index (χ1n) is 6.88. The number of benzene rings is 1. The lowest BCUT2D eigenvalue weighted by atomic mass is 10.2. The fourth-order valence-electron chi connectivity index (χ4n) is 2.25. The third-order valence-corrected chi connectivity index (χ3v) is 4.82. The van der Waals surface area contributed by atoms with Gasteiger partial charge in [-0.2, -0.15) is 0 Å². The number of rotatable bonds is 6. The molecule has 0 aromatic heterocycles. The Morgan fingerprint density at radius 1 is 1.25 bits per heavy atom. The predicted octanol–water partition coefficient (Wildman–Crippen LogP) is 1.64. The Labute approximate surface area is 120 Å². The van der Waals surface area contributed by atoms with Crippen LogP contribution in [-0.2, 0) is 21.4 Å². The molecular weight excluding hydrogens is 276 g/mol. The van der Waals surface area contributed by atoms with Crippen molar-refractivity contribution >= 4 is 21.6 Å². The van der Waals surface area contributed by atoms with Crippen molar-refractivity contribution in [1.29, 1.82) is 0 Å². The molecule has 0 saturated carbocycles. The molecule has 2 rings (SSSR count). The highest BCUT2D eigenvalue weighted by Gasteiger charge is 2.21. The highest BCUT2D eigenvalue weighted by Crippen LogP contribution is 2.21. The van der Waals surface area contributed by atoms with E-state index < -0.39 is 10.0 Å². The van der Waals surface area contributed by atoms with Crippen molar-refractivity contribution < 1.29 is 13.2 Å². The molecule has 1 heterocycles. The maximum absolute atomic E-state index is 11.6. The monoisotopic (exact) mass is 296 g/mol. The van der Waals surface area contributed by atoms with Gasteiger partial charge in [0, 0.05) is 25.2 Å². The van der Waals surface area contributed by atoms with Gasteiger partial charge in [0.2, 0.25) is 15.9 Å². The number of carbonyl (C=O) groups is 1. The van der Waals surface area contributed by atoms with Crippen molar-refractivity contribution in [1.82, 2.24) is 4.72 Å². The Morgan fingerprint density at radius 3 is 2.50 bits per heavy atom. The van der Waals surface area contributed by atoms with E-state index in [0.29, 0.717) is 12.8 Å².